The van der Waals surface area contributed by atoms with Gasteiger partial charge in [-0.2, -0.15) is 4.98 Å². The Bertz CT molecular complexity index is 908. The average molecular weight is 412 g/mol. The van der Waals surface area contributed by atoms with Gasteiger partial charge in [0.2, 0.25) is 11.8 Å². The molecule has 0 saturated heterocycles. The lowest BCUT2D eigenvalue weighted by molar-refractivity contribution is 0.00585. The molecular weight excluding hydrogens is 382 g/mol. The highest BCUT2D eigenvalue weighted by Crippen LogP contribution is 2.37. The Balaban J connectivity index is 1.62. The van der Waals surface area contributed by atoms with E-state index in [9.17, 15) is 0 Å². The summed E-state index contributed by atoms with van der Waals surface area (Å²) >= 11 is 0. The second-order valence-electron chi connectivity index (χ2n) is 7.82. The van der Waals surface area contributed by atoms with Crippen molar-refractivity contribution in [2.24, 2.45) is 0 Å². The molecule has 8 nitrogen and oxygen atoms in total. The summed E-state index contributed by atoms with van der Waals surface area (Å²) in [6, 6.07) is 4.27. The van der Waals surface area contributed by atoms with E-state index in [0.717, 1.165) is 54.9 Å². The number of fused-ring (bicyclic) bond motifs is 1. The van der Waals surface area contributed by atoms with Crippen LogP contribution < -0.4 is 15.4 Å². The van der Waals surface area contributed by atoms with E-state index in [-0.39, 0.29) is 12.7 Å². The van der Waals surface area contributed by atoms with Gasteiger partial charge in [-0.15, -0.1) is 0 Å². The summed E-state index contributed by atoms with van der Waals surface area (Å²) in [5.74, 6) is 1.81. The van der Waals surface area contributed by atoms with Gasteiger partial charge in [0.15, 0.2) is 0 Å². The molecule has 160 valence electrons. The van der Waals surface area contributed by atoms with Crippen LogP contribution in [0.1, 0.15) is 42.5 Å². The number of ether oxygens (including phenoxy) is 2. The highest BCUT2D eigenvalue weighted by molar-refractivity contribution is 5.91. The predicted molar refractivity (Wildman–Crippen MR) is 116 cm³/mol. The fraction of sp³-hybridized carbons (Fsp3) is 0.500. The Kier molecular flexibility index (Phi) is 6.15. The van der Waals surface area contributed by atoms with Gasteiger partial charge in [0, 0.05) is 30.4 Å². The van der Waals surface area contributed by atoms with Gasteiger partial charge in [-0.05, 0) is 55.9 Å². The molecule has 0 aromatic carbocycles. The molecule has 3 N–H and O–H groups in total. The highest BCUT2D eigenvalue weighted by Gasteiger charge is 2.32. The topological polar surface area (TPSA) is 107 Å². The van der Waals surface area contributed by atoms with Gasteiger partial charge < -0.3 is 25.2 Å². The van der Waals surface area contributed by atoms with E-state index in [1.165, 1.54) is 5.57 Å². The second kappa shape index (κ2) is 8.97. The van der Waals surface area contributed by atoms with Gasteiger partial charge in [0.05, 0.1) is 32.1 Å². The average Bonchev–Trinajstić information content (AvgIpc) is 2.77. The third kappa shape index (κ3) is 4.24. The number of hydrogen-bond acceptors (Lipinski definition) is 8. The summed E-state index contributed by atoms with van der Waals surface area (Å²) in [6.07, 6.45) is 8.18. The van der Waals surface area contributed by atoms with E-state index >= 15 is 0 Å². The maximum atomic E-state index is 9.01. The van der Waals surface area contributed by atoms with Crippen molar-refractivity contribution in [2.45, 2.75) is 44.8 Å². The maximum Gasteiger partial charge on any atom is 0.222 e. The molecule has 1 aliphatic heterocycles. The maximum absolute atomic E-state index is 9.01. The number of nitrogens with zero attached hydrogens (tertiary/aromatic N) is 4. The van der Waals surface area contributed by atoms with Crippen LogP contribution in [0.3, 0.4) is 0 Å². The largest absolute Gasteiger partial charge is 0.481 e. The predicted octanol–water partition coefficient (Wildman–Crippen LogP) is 2.45. The number of anilines is 2. The molecule has 1 aliphatic carbocycles. The molecule has 2 aromatic rings. The van der Waals surface area contributed by atoms with Crippen LogP contribution in [0, 0.1) is 6.92 Å². The molecule has 0 spiro atoms. The van der Waals surface area contributed by atoms with Gasteiger partial charge in [0.25, 0.3) is 0 Å². The van der Waals surface area contributed by atoms with Crippen LogP contribution in [-0.2, 0) is 4.74 Å². The van der Waals surface area contributed by atoms with Crippen LogP contribution in [0.2, 0.25) is 0 Å². The van der Waals surface area contributed by atoms with Crippen LogP contribution in [0.5, 0.6) is 5.88 Å². The minimum Gasteiger partial charge on any atom is -0.481 e. The van der Waals surface area contributed by atoms with Crippen molar-refractivity contribution in [1.29, 1.82) is 0 Å². The fourth-order valence-corrected chi connectivity index (χ4v) is 4.36. The first-order valence-corrected chi connectivity index (χ1v) is 10.4. The molecule has 30 heavy (non-hydrogen) atoms. The highest BCUT2D eigenvalue weighted by atomic mass is 16.5. The van der Waals surface area contributed by atoms with Crippen LogP contribution in [0.15, 0.2) is 18.3 Å². The van der Waals surface area contributed by atoms with Gasteiger partial charge in [0.1, 0.15) is 5.82 Å². The number of hydrogen-bond donors (Lipinski definition) is 2. The molecule has 1 saturated carbocycles. The van der Waals surface area contributed by atoms with Crippen molar-refractivity contribution in [3.63, 3.8) is 0 Å². The standard InChI is InChI=1S/C22H29N5O3/c1-14-19-11-16(15-3-8-20(29-2)24-12-15)13-27(21(19)26-22(23)25-14)17-4-6-18(7-5-17)30-10-9-28/h3,8,11-12,17-18,28H,4-7,9-10,13H2,1-2H3,(H2,23,25,26)/t17-,18-. The van der Waals surface area contributed by atoms with E-state index in [4.69, 9.17) is 20.3 Å². The monoisotopic (exact) mass is 411 g/mol. The fourth-order valence-electron chi connectivity index (χ4n) is 4.36. The quantitative estimate of drug-likeness (QED) is 0.747. The first kappa shape index (κ1) is 20.6. The lowest BCUT2D eigenvalue weighted by atomic mass is 9.89. The lowest BCUT2D eigenvalue weighted by Crippen LogP contribution is -2.42. The third-order valence-electron chi connectivity index (χ3n) is 5.91. The molecule has 0 unspecified atom stereocenters. The van der Waals surface area contributed by atoms with Crippen molar-refractivity contribution in [3.05, 3.63) is 35.2 Å². The van der Waals surface area contributed by atoms with Gasteiger partial charge >= 0.3 is 0 Å². The number of aromatic nitrogens is 3. The van der Waals surface area contributed by atoms with Crippen molar-refractivity contribution in [2.75, 3.05) is 37.5 Å². The van der Waals surface area contributed by atoms with Gasteiger partial charge in [-0.3, -0.25) is 0 Å². The van der Waals surface area contributed by atoms with Crippen molar-refractivity contribution < 1.29 is 14.6 Å². The summed E-state index contributed by atoms with van der Waals surface area (Å²) < 4.78 is 10.9. The van der Waals surface area contributed by atoms with E-state index in [1.807, 2.05) is 25.3 Å². The molecule has 0 bridgehead atoms. The van der Waals surface area contributed by atoms with Crippen LogP contribution >= 0.6 is 0 Å². The Morgan fingerprint density at radius 3 is 2.67 bits per heavy atom. The summed E-state index contributed by atoms with van der Waals surface area (Å²) in [4.78, 5) is 15.7. The first-order chi connectivity index (χ1) is 14.6. The number of aliphatic hydroxyl groups excluding tert-OH is 1. The number of pyridine rings is 1. The molecular formula is C22H29N5O3. The van der Waals surface area contributed by atoms with Gasteiger partial charge in [-0.25, -0.2) is 9.97 Å². The first-order valence-electron chi connectivity index (χ1n) is 10.4. The number of aryl methyl sites for hydroxylation is 1. The molecule has 1 fully saturated rings. The van der Waals surface area contributed by atoms with Crippen LogP contribution in [-0.4, -0.2) is 59.1 Å². The smallest absolute Gasteiger partial charge is 0.222 e. The summed E-state index contributed by atoms with van der Waals surface area (Å²) in [5.41, 5.74) is 10.1. The molecule has 8 heteroatoms. The SMILES string of the molecule is COc1ccc(C2=Cc3c(C)nc(N)nc3N([C@H]3CC[C@H](OCCO)CC3)C2)cn1. The molecule has 0 radical (unpaired) electrons. The Hall–Kier alpha value is -2.71. The zero-order valence-corrected chi connectivity index (χ0v) is 17.5. The van der Waals surface area contributed by atoms with Gasteiger partial charge in [-0.1, -0.05) is 0 Å². The van der Waals surface area contributed by atoms with E-state index < -0.39 is 0 Å². The van der Waals surface area contributed by atoms with Crippen molar-refractivity contribution >= 4 is 23.4 Å². The molecule has 4 rings (SSSR count). The van der Waals surface area contributed by atoms with E-state index in [0.29, 0.717) is 24.5 Å². The Morgan fingerprint density at radius 2 is 2.00 bits per heavy atom. The third-order valence-corrected chi connectivity index (χ3v) is 5.91. The number of nitrogen functional groups attached to an aromatic ring is 1. The minimum atomic E-state index is 0.0684. The number of aliphatic hydroxyl groups is 1. The number of rotatable bonds is 6. The zero-order valence-electron chi connectivity index (χ0n) is 17.5. The molecule has 0 amide bonds. The Morgan fingerprint density at radius 1 is 1.20 bits per heavy atom. The van der Waals surface area contributed by atoms with E-state index in [1.54, 1.807) is 7.11 Å². The number of methoxy groups -OCH3 is 1. The Labute approximate surface area is 176 Å². The normalized spacial score (nSPS) is 21.2. The van der Waals surface area contributed by atoms with Crippen molar-refractivity contribution in [3.8, 4) is 5.88 Å². The van der Waals surface area contributed by atoms with Crippen LogP contribution in [0.25, 0.3) is 11.6 Å². The number of nitrogens with two attached hydrogens (primary N) is 1. The summed E-state index contributed by atoms with van der Waals surface area (Å²) in [6.45, 7) is 3.19. The molecule has 0 atom stereocenters. The molecule has 2 aromatic heterocycles. The minimum absolute atomic E-state index is 0.0684. The van der Waals surface area contributed by atoms with Crippen LogP contribution in [0.4, 0.5) is 11.8 Å². The second-order valence-corrected chi connectivity index (χ2v) is 7.82. The zero-order chi connectivity index (χ0) is 21.1. The summed E-state index contributed by atoms with van der Waals surface area (Å²) in [7, 11) is 1.62. The van der Waals surface area contributed by atoms with Crippen molar-refractivity contribution in [1.82, 2.24) is 15.0 Å². The van der Waals surface area contributed by atoms with E-state index in [2.05, 4.69) is 25.9 Å². The summed E-state index contributed by atoms with van der Waals surface area (Å²) in [5, 5.41) is 9.01. The molecule has 3 heterocycles. The molecule has 2 aliphatic rings. The lowest BCUT2D eigenvalue weighted by Gasteiger charge is -2.40.